The summed E-state index contributed by atoms with van der Waals surface area (Å²) in [4.78, 5) is 24.5. The van der Waals surface area contributed by atoms with Gasteiger partial charge in [0, 0.05) is 12.0 Å². The van der Waals surface area contributed by atoms with Crippen molar-refractivity contribution < 1.29 is 24.9 Å². The molecule has 0 bridgehead atoms. The number of hydrogen-bond donors (Lipinski definition) is 3. The summed E-state index contributed by atoms with van der Waals surface area (Å²) in [6.45, 7) is 2.45. The summed E-state index contributed by atoms with van der Waals surface area (Å²) in [5, 5.41) is 29.8. The average molecular weight is 302 g/mol. The Balaban J connectivity index is 2.26. The van der Waals surface area contributed by atoms with Crippen molar-refractivity contribution in [2.24, 2.45) is 0 Å². The maximum atomic E-state index is 12.3. The van der Waals surface area contributed by atoms with E-state index in [2.05, 4.69) is 0 Å². The van der Waals surface area contributed by atoms with Gasteiger partial charge in [-0.05, 0) is 25.8 Å². The molecule has 1 aromatic carbocycles. The molecule has 1 unspecified atom stereocenters. The summed E-state index contributed by atoms with van der Waals surface area (Å²) in [5.74, 6) is -2.73. The largest absolute Gasteiger partial charge is 0.508 e. The molecule has 5 nitrogen and oxygen atoms in total. The number of ketones is 2. The summed E-state index contributed by atoms with van der Waals surface area (Å²) in [7, 11) is 0. The average Bonchev–Trinajstić information content (AvgIpc) is 2.51. The normalized spacial score (nSPS) is 22.2. The van der Waals surface area contributed by atoms with E-state index in [-0.39, 0.29) is 12.0 Å². The Morgan fingerprint density at radius 2 is 1.77 bits per heavy atom. The lowest BCUT2D eigenvalue weighted by Gasteiger charge is -2.28. The van der Waals surface area contributed by atoms with Crippen LogP contribution in [0.2, 0.25) is 0 Å². The molecular formula is C17H18O5. The smallest absolute Gasteiger partial charge is 0.209 e. The van der Waals surface area contributed by atoms with E-state index in [0.717, 1.165) is 12.5 Å². The monoisotopic (exact) mass is 302 g/mol. The maximum Gasteiger partial charge on any atom is 0.209 e. The number of aliphatic hydroxyl groups excluding tert-OH is 2. The highest BCUT2D eigenvalue weighted by Crippen LogP contribution is 2.33. The Hall–Kier alpha value is -2.40. The molecule has 22 heavy (non-hydrogen) atoms. The van der Waals surface area contributed by atoms with Crippen molar-refractivity contribution in [1.82, 2.24) is 0 Å². The van der Waals surface area contributed by atoms with E-state index in [4.69, 9.17) is 0 Å². The van der Waals surface area contributed by atoms with E-state index in [1.54, 1.807) is 0 Å². The van der Waals surface area contributed by atoms with Gasteiger partial charge in [-0.1, -0.05) is 30.3 Å². The number of aliphatic hydroxyl groups is 3. The molecule has 116 valence electrons. The summed E-state index contributed by atoms with van der Waals surface area (Å²) in [6, 6.07) is 9.27. The van der Waals surface area contributed by atoms with E-state index >= 15 is 0 Å². The lowest BCUT2D eigenvalue weighted by Crippen LogP contribution is -2.44. The van der Waals surface area contributed by atoms with Crippen LogP contribution in [0, 0.1) is 0 Å². The van der Waals surface area contributed by atoms with Gasteiger partial charge in [0.2, 0.25) is 5.78 Å². The Kier molecular flexibility index (Phi) is 4.19. The Morgan fingerprint density at radius 3 is 2.36 bits per heavy atom. The van der Waals surface area contributed by atoms with Crippen molar-refractivity contribution in [3.05, 3.63) is 58.6 Å². The molecule has 0 spiro atoms. The van der Waals surface area contributed by atoms with Crippen molar-refractivity contribution >= 4 is 11.6 Å². The predicted molar refractivity (Wildman–Crippen MR) is 80.4 cm³/mol. The predicted octanol–water partition coefficient (Wildman–Crippen LogP) is 2.17. The minimum atomic E-state index is -2.19. The van der Waals surface area contributed by atoms with Crippen molar-refractivity contribution in [1.29, 1.82) is 0 Å². The molecule has 0 aromatic heterocycles. The van der Waals surface area contributed by atoms with Crippen LogP contribution in [0.3, 0.4) is 0 Å². The molecular weight excluding hydrogens is 284 g/mol. The molecule has 0 saturated heterocycles. The summed E-state index contributed by atoms with van der Waals surface area (Å²) in [6.07, 6.45) is 0.444. The number of rotatable bonds is 4. The first kappa shape index (κ1) is 16.0. The number of carbonyl (C=O) groups excluding carboxylic acids is 2. The molecule has 0 radical (unpaired) electrons. The van der Waals surface area contributed by atoms with Crippen LogP contribution in [0.4, 0.5) is 0 Å². The molecule has 5 heteroatoms. The summed E-state index contributed by atoms with van der Waals surface area (Å²) >= 11 is 0. The first-order valence-corrected chi connectivity index (χ1v) is 6.95. The van der Waals surface area contributed by atoms with Crippen LogP contribution in [0.5, 0.6) is 0 Å². The topological polar surface area (TPSA) is 94.8 Å². The Morgan fingerprint density at radius 1 is 1.18 bits per heavy atom. The number of Topliss-reactive ketones (excluding diaryl/α,β-unsaturated/α-hetero) is 2. The highest BCUT2D eigenvalue weighted by atomic mass is 16.3. The van der Waals surface area contributed by atoms with Gasteiger partial charge in [-0.2, -0.15) is 0 Å². The number of aryl methyl sites for hydroxylation is 1. The van der Waals surface area contributed by atoms with E-state index in [9.17, 15) is 24.9 Å². The van der Waals surface area contributed by atoms with Crippen LogP contribution in [0.15, 0.2) is 53.0 Å². The number of carbonyl (C=O) groups is 2. The quantitative estimate of drug-likeness (QED) is 0.741. The third-order valence-electron chi connectivity index (χ3n) is 3.84. The van der Waals surface area contributed by atoms with Gasteiger partial charge < -0.3 is 15.3 Å². The second kappa shape index (κ2) is 5.77. The zero-order valence-corrected chi connectivity index (χ0v) is 12.5. The Labute approximate surface area is 128 Å². The molecule has 3 N–H and O–H groups in total. The molecule has 0 heterocycles. The van der Waals surface area contributed by atoms with E-state index in [1.165, 1.54) is 6.92 Å². The van der Waals surface area contributed by atoms with Gasteiger partial charge in [0.05, 0.1) is 0 Å². The molecule has 0 fully saturated rings. The van der Waals surface area contributed by atoms with Crippen LogP contribution in [0.25, 0.3) is 0 Å². The van der Waals surface area contributed by atoms with Gasteiger partial charge >= 0.3 is 0 Å². The van der Waals surface area contributed by atoms with Gasteiger partial charge in [0.15, 0.2) is 11.4 Å². The minimum absolute atomic E-state index is 0.0271. The molecule has 1 aliphatic carbocycles. The molecule has 0 amide bonds. The van der Waals surface area contributed by atoms with Crippen molar-refractivity contribution in [2.45, 2.75) is 32.3 Å². The van der Waals surface area contributed by atoms with E-state index in [0.29, 0.717) is 6.42 Å². The first-order valence-electron chi connectivity index (χ1n) is 6.95. The molecule has 0 aliphatic heterocycles. The van der Waals surface area contributed by atoms with Crippen LogP contribution in [-0.2, 0) is 16.0 Å². The maximum absolute atomic E-state index is 12.3. The second-order valence-electron chi connectivity index (χ2n) is 5.51. The lowest BCUT2D eigenvalue weighted by atomic mass is 9.81. The fraction of sp³-hybridized carbons (Fsp3) is 0.294. The van der Waals surface area contributed by atoms with Crippen molar-refractivity contribution in [3.8, 4) is 0 Å². The highest BCUT2D eigenvalue weighted by molar-refractivity contribution is 6.25. The zero-order chi connectivity index (χ0) is 16.5. The van der Waals surface area contributed by atoms with Crippen LogP contribution < -0.4 is 0 Å². The fourth-order valence-electron chi connectivity index (χ4n) is 2.41. The van der Waals surface area contributed by atoms with Crippen LogP contribution in [0.1, 0.15) is 25.8 Å². The van der Waals surface area contributed by atoms with Gasteiger partial charge in [0.1, 0.15) is 17.1 Å². The molecule has 1 aliphatic rings. The molecule has 0 saturated carbocycles. The number of hydrogen-bond acceptors (Lipinski definition) is 5. The van der Waals surface area contributed by atoms with Crippen molar-refractivity contribution in [3.63, 3.8) is 0 Å². The highest BCUT2D eigenvalue weighted by Gasteiger charge is 2.45. The molecule has 1 aromatic rings. The van der Waals surface area contributed by atoms with Crippen LogP contribution >= 0.6 is 0 Å². The van der Waals surface area contributed by atoms with Gasteiger partial charge in [0.25, 0.3) is 0 Å². The molecule has 2 rings (SSSR count). The minimum Gasteiger partial charge on any atom is -0.508 e. The van der Waals surface area contributed by atoms with Gasteiger partial charge in [-0.3, -0.25) is 9.59 Å². The SMILES string of the molecule is CC1=C(O)C(C)(O)C(=O)C(C(=O)CCc2ccccc2)=C1O. The standard InChI is InChI=1S/C17H18O5/c1-10-14(19)13(16(21)17(2,22)15(10)20)12(18)9-8-11-6-4-3-5-7-11/h3-7,19-20,22H,8-9H2,1-2H3. The van der Waals surface area contributed by atoms with Crippen molar-refractivity contribution in [2.75, 3.05) is 0 Å². The van der Waals surface area contributed by atoms with Gasteiger partial charge in [-0.15, -0.1) is 0 Å². The van der Waals surface area contributed by atoms with E-state index in [1.807, 2.05) is 30.3 Å². The Bertz CT molecular complexity index is 680. The summed E-state index contributed by atoms with van der Waals surface area (Å²) < 4.78 is 0. The number of benzene rings is 1. The fourth-order valence-corrected chi connectivity index (χ4v) is 2.41. The lowest BCUT2D eigenvalue weighted by molar-refractivity contribution is -0.133. The van der Waals surface area contributed by atoms with Crippen LogP contribution in [-0.4, -0.2) is 32.5 Å². The zero-order valence-electron chi connectivity index (χ0n) is 12.5. The van der Waals surface area contributed by atoms with Gasteiger partial charge in [-0.25, -0.2) is 0 Å². The first-order chi connectivity index (χ1) is 10.3. The molecule has 1 atom stereocenters. The number of allylic oxidation sites excluding steroid dienone is 1. The van der Waals surface area contributed by atoms with E-state index < -0.39 is 34.3 Å². The second-order valence-corrected chi connectivity index (χ2v) is 5.51. The third kappa shape index (κ3) is 2.67. The summed E-state index contributed by atoms with van der Waals surface area (Å²) in [5.41, 5.74) is -1.77. The third-order valence-corrected chi connectivity index (χ3v) is 3.84.